The number of fused-ring (bicyclic) bond motifs is 1. The Bertz CT molecular complexity index is 670. The molecule has 5 nitrogen and oxygen atoms in total. The molecule has 0 radical (unpaired) electrons. The van der Waals surface area contributed by atoms with E-state index in [1.165, 1.54) is 5.56 Å². The van der Waals surface area contributed by atoms with E-state index in [-0.39, 0.29) is 6.03 Å². The first kappa shape index (κ1) is 14.0. The molecule has 0 bridgehead atoms. The molecule has 1 amide bonds. The number of imidazole rings is 1. The monoisotopic (exact) mass is 316 g/mol. The first-order valence-electron chi connectivity index (χ1n) is 7.80. The topological polar surface area (TPSA) is 41.4 Å². The quantitative estimate of drug-likeness (QED) is 0.874. The minimum Gasteiger partial charge on any atom is -0.315 e. The molecule has 2 aromatic heterocycles. The van der Waals surface area contributed by atoms with E-state index >= 15 is 0 Å². The first-order valence-corrected chi connectivity index (χ1v) is 8.74. The summed E-state index contributed by atoms with van der Waals surface area (Å²) >= 11 is 1.76. The van der Waals surface area contributed by atoms with Gasteiger partial charge >= 0.3 is 6.03 Å². The summed E-state index contributed by atoms with van der Waals surface area (Å²) in [6, 6.07) is 2.68. The van der Waals surface area contributed by atoms with Crippen LogP contribution >= 0.6 is 11.3 Å². The Morgan fingerprint density at radius 1 is 1.36 bits per heavy atom. The van der Waals surface area contributed by atoms with Crippen LogP contribution in [0.3, 0.4) is 0 Å². The third kappa shape index (κ3) is 2.36. The van der Waals surface area contributed by atoms with E-state index in [0.717, 1.165) is 50.5 Å². The van der Waals surface area contributed by atoms with Gasteiger partial charge in [0.25, 0.3) is 0 Å². The van der Waals surface area contributed by atoms with Crippen LogP contribution < -0.4 is 0 Å². The lowest BCUT2D eigenvalue weighted by atomic mass is 10.0. The molecular formula is C16H20N4OS. The van der Waals surface area contributed by atoms with Gasteiger partial charge in [0.1, 0.15) is 5.82 Å². The Balaban J connectivity index is 1.37. The van der Waals surface area contributed by atoms with Gasteiger partial charge in [-0.3, -0.25) is 9.47 Å². The number of carbonyl (C=O) groups excluding carboxylic acids is 1. The van der Waals surface area contributed by atoms with Crippen LogP contribution in [0.5, 0.6) is 0 Å². The maximum absolute atomic E-state index is 12.6. The van der Waals surface area contributed by atoms with E-state index < -0.39 is 0 Å². The van der Waals surface area contributed by atoms with Crippen molar-refractivity contribution in [3.8, 4) is 0 Å². The maximum Gasteiger partial charge on any atom is 0.330 e. The summed E-state index contributed by atoms with van der Waals surface area (Å²) in [7, 11) is 0. The van der Waals surface area contributed by atoms with Crippen molar-refractivity contribution in [1.29, 1.82) is 0 Å². The normalized spacial score (nSPS) is 19.9. The number of aryl methyl sites for hydroxylation is 1. The van der Waals surface area contributed by atoms with Crippen LogP contribution in [-0.2, 0) is 13.1 Å². The number of rotatable bonds is 3. The minimum absolute atomic E-state index is 0.112. The summed E-state index contributed by atoms with van der Waals surface area (Å²) in [4.78, 5) is 21.3. The zero-order chi connectivity index (χ0) is 15.1. The molecule has 2 aromatic rings. The van der Waals surface area contributed by atoms with Crippen molar-refractivity contribution in [1.82, 2.24) is 19.4 Å². The predicted molar refractivity (Wildman–Crippen MR) is 85.9 cm³/mol. The third-order valence-electron chi connectivity index (χ3n) is 4.76. The number of hydrogen-bond donors (Lipinski definition) is 0. The third-order valence-corrected chi connectivity index (χ3v) is 5.50. The van der Waals surface area contributed by atoms with Crippen molar-refractivity contribution in [3.63, 3.8) is 0 Å². The molecule has 4 heterocycles. The van der Waals surface area contributed by atoms with Gasteiger partial charge in [-0.05, 0) is 42.2 Å². The van der Waals surface area contributed by atoms with Crippen molar-refractivity contribution in [3.05, 3.63) is 40.1 Å². The molecule has 0 saturated carbocycles. The maximum atomic E-state index is 12.6. The number of amides is 1. The van der Waals surface area contributed by atoms with Crippen LogP contribution in [0.4, 0.5) is 4.79 Å². The highest BCUT2D eigenvalue weighted by atomic mass is 32.1. The zero-order valence-electron chi connectivity index (χ0n) is 12.7. The second kappa shape index (κ2) is 5.52. The van der Waals surface area contributed by atoms with Crippen molar-refractivity contribution < 1.29 is 4.79 Å². The minimum atomic E-state index is 0.112. The summed E-state index contributed by atoms with van der Waals surface area (Å²) in [6.45, 7) is 5.78. The van der Waals surface area contributed by atoms with E-state index in [9.17, 15) is 4.79 Å². The van der Waals surface area contributed by atoms with Gasteiger partial charge in [0, 0.05) is 25.7 Å². The molecule has 4 rings (SSSR count). The summed E-state index contributed by atoms with van der Waals surface area (Å²) < 4.78 is 1.76. The second-order valence-corrected chi connectivity index (χ2v) is 6.96. The molecule has 2 aliphatic rings. The fourth-order valence-corrected chi connectivity index (χ4v) is 4.21. The highest BCUT2D eigenvalue weighted by molar-refractivity contribution is 7.07. The molecule has 1 fully saturated rings. The fraction of sp³-hybridized carbons (Fsp3) is 0.500. The SMILES string of the molecule is Cc1ncc2n1C(=O)N(C1CCN(Cc3ccsc3)CC1)C2. The number of aromatic nitrogens is 2. The molecule has 0 atom stereocenters. The van der Waals surface area contributed by atoms with Crippen LogP contribution in [0.2, 0.25) is 0 Å². The van der Waals surface area contributed by atoms with Gasteiger partial charge < -0.3 is 4.90 Å². The summed E-state index contributed by atoms with van der Waals surface area (Å²) in [5, 5.41) is 4.36. The van der Waals surface area contributed by atoms with Gasteiger partial charge in [0.2, 0.25) is 0 Å². The van der Waals surface area contributed by atoms with Gasteiger partial charge in [-0.1, -0.05) is 0 Å². The Morgan fingerprint density at radius 2 is 2.18 bits per heavy atom. The molecule has 2 aliphatic heterocycles. The van der Waals surface area contributed by atoms with E-state index in [1.807, 2.05) is 18.0 Å². The Kier molecular flexibility index (Phi) is 3.50. The molecule has 0 unspecified atom stereocenters. The number of nitrogens with zero attached hydrogens (tertiary/aromatic N) is 4. The summed E-state index contributed by atoms with van der Waals surface area (Å²) in [5.74, 6) is 0.803. The van der Waals surface area contributed by atoms with Gasteiger partial charge in [0.05, 0.1) is 18.4 Å². The smallest absolute Gasteiger partial charge is 0.315 e. The van der Waals surface area contributed by atoms with Crippen molar-refractivity contribution in [2.24, 2.45) is 0 Å². The molecule has 0 aromatic carbocycles. The largest absolute Gasteiger partial charge is 0.330 e. The molecule has 22 heavy (non-hydrogen) atoms. The highest BCUT2D eigenvalue weighted by Crippen LogP contribution is 2.26. The van der Waals surface area contributed by atoms with E-state index in [0.29, 0.717) is 6.04 Å². The van der Waals surface area contributed by atoms with Crippen LogP contribution in [0.25, 0.3) is 0 Å². The average molecular weight is 316 g/mol. The number of piperidine rings is 1. The Hall–Kier alpha value is -1.66. The number of carbonyl (C=O) groups is 1. The standard InChI is InChI=1S/C16H20N4OS/c1-12-17-8-15-10-19(16(21)20(12)15)14-2-5-18(6-3-14)9-13-4-7-22-11-13/h4,7-8,11,14H,2-3,5-6,9-10H2,1H3. The van der Waals surface area contributed by atoms with E-state index in [2.05, 4.69) is 26.7 Å². The molecular weight excluding hydrogens is 296 g/mol. The van der Waals surface area contributed by atoms with Crippen molar-refractivity contribution in [2.75, 3.05) is 13.1 Å². The van der Waals surface area contributed by atoms with Gasteiger partial charge in [-0.2, -0.15) is 11.3 Å². The van der Waals surface area contributed by atoms with E-state index in [4.69, 9.17) is 0 Å². The van der Waals surface area contributed by atoms with E-state index in [1.54, 1.807) is 15.9 Å². The Morgan fingerprint density at radius 3 is 2.86 bits per heavy atom. The fourth-order valence-electron chi connectivity index (χ4n) is 3.55. The van der Waals surface area contributed by atoms with Crippen molar-refractivity contribution in [2.45, 2.75) is 38.9 Å². The van der Waals surface area contributed by atoms with Crippen LogP contribution in [0, 0.1) is 6.92 Å². The number of hydrogen-bond acceptors (Lipinski definition) is 4. The highest BCUT2D eigenvalue weighted by Gasteiger charge is 2.35. The number of likely N-dealkylation sites (tertiary alicyclic amines) is 1. The Labute approximate surface area is 134 Å². The van der Waals surface area contributed by atoms with Crippen LogP contribution in [-0.4, -0.2) is 44.5 Å². The first-order chi connectivity index (χ1) is 10.7. The predicted octanol–water partition coefficient (Wildman–Crippen LogP) is 2.70. The molecule has 0 spiro atoms. The molecule has 6 heteroatoms. The van der Waals surface area contributed by atoms with Gasteiger partial charge in [-0.15, -0.1) is 0 Å². The number of thiophene rings is 1. The molecule has 0 aliphatic carbocycles. The summed E-state index contributed by atoms with van der Waals surface area (Å²) in [6.07, 6.45) is 3.96. The lowest BCUT2D eigenvalue weighted by molar-refractivity contribution is 0.123. The molecule has 0 N–H and O–H groups in total. The molecule has 1 saturated heterocycles. The molecule has 116 valence electrons. The van der Waals surface area contributed by atoms with Crippen molar-refractivity contribution >= 4 is 17.4 Å². The lowest BCUT2D eigenvalue weighted by Crippen LogP contribution is -2.45. The van der Waals surface area contributed by atoms with Crippen LogP contribution in [0.15, 0.2) is 23.0 Å². The lowest BCUT2D eigenvalue weighted by Gasteiger charge is -2.36. The zero-order valence-corrected chi connectivity index (χ0v) is 13.6. The van der Waals surface area contributed by atoms with Gasteiger partial charge in [0.15, 0.2) is 0 Å². The van der Waals surface area contributed by atoms with Gasteiger partial charge in [-0.25, -0.2) is 9.78 Å². The van der Waals surface area contributed by atoms with Crippen LogP contribution in [0.1, 0.15) is 29.9 Å². The average Bonchev–Trinajstić information content (AvgIpc) is 3.21. The second-order valence-electron chi connectivity index (χ2n) is 6.18. The summed E-state index contributed by atoms with van der Waals surface area (Å²) in [5.41, 5.74) is 2.43.